The fraction of sp³-hybridized carbons (Fsp3) is 0.130. The molecule has 0 bridgehead atoms. The molecule has 1 aliphatic rings. The Morgan fingerprint density at radius 1 is 1.00 bits per heavy atom. The number of hydrogen-bond acceptors (Lipinski definition) is 1. The van der Waals surface area contributed by atoms with Crippen LogP contribution in [0.4, 0.5) is 0 Å². The van der Waals surface area contributed by atoms with E-state index in [0.29, 0.717) is 0 Å². The van der Waals surface area contributed by atoms with E-state index in [1.165, 1.54) is 44.9 Å². The minimum absolute atomic E-state index is 0. The molecule has 1 aromatic heterocycles. The van der Waals surface area contributed by atoms with Crippen molar-refractivity contribution in [1.29, 1.82) is 0 Å². The summed E-state index contributed by atoms with van der Waals surface area (Å²) in [5.74, 6) is 0. The van der Waals surface area contributed by atoms with E-state index in [-0.39, 0.29) is 30.4 Å². The van der Waals surface area contributed by atoms with E-state index in [9.17, 15) is 0 Å². The molecule has 1 unspecified atom stereocenters. The summed E-state index contributed by atoms with van der Waals surface area (Å²) in [6.45, 7) is 7.31. The molecule has 0 N–H and O–H groups in total. The summed E-state index contributed by atoms with van der Waals surface area (Å²) in [6.07, 6.45) is 9.41. The van der Waals surface area contributed by atoms with Gasteiger partial charge < -0.3 is 24.8 Å². The molecule has 29 heavy (non-hydrogen) atoms. The Balaban J connectivity index is 0.000000265. The monoisotopic (exact) mass is 512 g/mol. The first-order valence-corrected chi connectivity index (χ1v) is 12.9. The van der Waals surface area contributed by atoms with Gasteiger partial charge in [0.05, 0.1) is 0 Å². The molecule has 0 fully saturated rings. The van der Waals surface area contributed by atoms with Crippen LogP contribution in [-0.4, -0.2) is 16.7 Å². The van der Waals surface area contributed by atoms with Crippen LogP contribution in [0.5, 0.6) is 0 Å². The zero-order valence-electron chi connectivity index (χ0n) is 16.2. The first-order chi connectivity index (χ1) is 13.2. The molecule has 0 aliphatic heterocycles. The number of benzene rings is 2. The van der Waals surface area contributed by atoms with Gasteiger partial charge in [-0.15, -0.1) is 58.0 Å². The quantitative estimate of drug-likeness (QED) is 0.199. The molecule has 0 amide bonds. The van der Waals surface area contributed by atoms with Crippen LogP contribution in [0.1, 0.15) is 12.5 Å². The minimum atomic E-state index is -0.243. The van der Waals surface area contributed by atoms with Crippen LogP contribution in [0, 0.1) is 6.92 Å². The second-order valence-electron chi connectivity index (χ2n) is 6.56. The molecule has 0 saturated carbocycles. The maximum absolute atomic E-state index is 4.28. The molecular weight excluding hydrogens is 494 g/mol. The molecule has 4 aromatic rings. The van der Waals surface area contributed by atoms with Gasteiger partial charge in [-0.1, -0.05) is 19.1 Å². The molecule has 3 aromatic carbocycles. The summed E-state index contributed by atoms with van der Waals surface area (Å²) in [5, 5.41) is 9.39. The average molecular weight is 515 g/mol. The van der Waals surface area contributed by atoms with Gasteiger partial charge in [-0.2, -0.15) is 34.6 Å². The second kappa shape index (κ2) is 11.8. The van der Waals surface area contributed by atoms with Crippen molar-refractivity contribution in [3.05, 3.63) is 95.1 Å². The molecule has 2 nitrogen and oxygen atoms in total. The van der Waals surface area contributed by atoms with Crippen LogP contribution in [0.15, 0.2) is 79.1 Å². The Morgan fingerprint density at radius 3 is 2.34 bits per heavy atom. The third kappa shape index (κ3) is 5.86. The van der Waals surface area contributed by atoms with Crippen molar-refractivity contribution in [2.24, 2.45) is 0 Å². The van der Waals surface area contributed by atoms with Crippen molar-refractivity contribution < 1.29 is 48.1 Å². The summed E-state index contributed by atoms with van der Waals surface area (Å²) in [6, 6.07) is 23.0. The first kappa shape index (κ1) is 25.7. The van der Waals surface area contributed by atoms with Gasteiger partial charge in [0.2, 0.25) is 0 Å². The van der Waals surface area contributed by atoms with Gasteiger partial charge in [-0.05, 0) is 13.0 Å². The summed E-state index contributed by atoms with van der Waals surface area (Å²) < 4.78 is 1.92. The average Bonchev–Trinajstić information content (AvgIpc) is 3.43. The van der Waals surface area contributed by atoms with Crippen molar-refractivity contribution in [1.82, 2.24) is 9.78 Å². The number of aryl methyl sites for hydroxylation is 1. The SMILES string of the molecule is CC1(n2cccn2)[C-]=c2ccccc2=C1.C[c-]1ccc2ccccc21.[Cl-].[Cl-].[Si]=[Zr+2]. The van der Waals surface area contributed by atoms with Gasteiger partial charge in [0.1, 0.15) is 0 Å². The fourth-order valence-electron chi connectivity index (χ4n) is 3.32. The molecule has 1 heterocycles. The van der Waals surface area contributed by atoms with E-state index < -0.39 is 0 Å². The summed E-state index contributed by atoms with van der Waals surface area (Å²) in [4.78, 5) is 0. The molecule has 146 valence electrons. The number of fused-ring (bicyclic) bond motifs is 2. The molecular formula is C23H20Cl2N2SiZr-2. The van der Waals surface area contributed by atoms with E-state index >= 15 is 0 Å². The van der Waals surface area contributed by atoms with E-state index in [1.807, 2.05) is 29.1 Å². The topological polar surface area (TPSA) is 17.8 Å². The number of nitrogens with zero attached hydrogens (tertiary/aromatic N) is 2. The third-order valence-corrected chi connectivity index (χ3v) is 4.66. The molecule has 5 rings (SSSR count). The Hall–Kier alpha value is -1.32. The summed E-state index contributed by atoms with van der Waals surface area (Å²) in [7, 11) is 0. The van der Waals surface area contributed by atoms with Gasteiger partial charge in [0.15, 0.2) is 0 Å². The van der Waals surface area contributed by atoms with Gasteiger partial charge in [-0.3, -0.25) is 4.68 Å². The van der Waals surface area contributed by atoms with Crippen molar-refractivity contribution in [3.8, 4) is 0 Å². The van der Waals surface area contributed by atoms with Crippen LogP contribution in [0.3, 0.4) is 0 Å². The Labute approximate surface area is 201 Å². The summed E-state index contributed by atoms with van der Waals surface area (Å²) >= 11 is 1.36. The van der Waals surface area contributed by atoms with Gasteiger partial charge in [0.25, 0.3) is 0 Å². The standard InChI is InChI=1S/C13H11N2.C10H9.2ClH.Si.Zr/c1-13(15-8-4-7-14-15)9-11-5-2-3-6-12(11)10-13;1-8-6-7-9-4-2-3-5-10(8)9;;;;/h2-9H,1H3;2-7H,1H3;2*1H;;/q2*-1;;;;+2/p-2. The van der Waals surface area contributed by atoms with Crippen LogP contribution >= 0.6 is 0 Å². The van der Waals surface area contributed by atoms with Crippen LogP contribution in [0.25, 0.3) is 22.9 Å². The Morgan fingerprint density at radius 2 is 1.69 bits per heavy atom. The molecule has 0 saturated heterocycles. The van der Waals surface area contributed by atoms with Crippen LogP contribution in [-0.2, 0) is 28.9 Å². The zero-order chi connectivity index (χ0) is 19.3. The molecule has 2 radical (unpaired) electrons. The predicted molar refractivity (Wildman–Crippen MR) is 109 cm³/mol. The molecule has 1 aliphatic carbocycles. The van der Waals surface area contributed by atoms with Gasteiger partial charge in [-0.25, -0.2) is 0 Å². The normalized spacial score (nSPS) is 15.7. The van der Waals surface area contributed by atoms with Crippen molar-refractivity contribution in [3.63, 3.8) is 0 Å². The molecule has 1 atom stereocenters. The number of hydrogen-bond donors (Lipinski definition) is 0. The molecule has 6 heteroatoms. The first-order valence-electron chi connectivity index (χ1n) is 8.75. The summed E-state index contributed by atoms with van der Waals surface area (Å²) in [5.41, 5.74) is 1.13. The number of rotatable bonds is 1. The zero-order valence-corrected chi connectivity index (χ0v) is 21.2. The van der Waals surface area contributed by atoms with Crippen molar-refractivity contribution >= 4 is 29.8 Å². The predicted octanol–water partition coefficient (Wildman–Crippen LogP) is -2.76. The van der Waals surface area contributed by atoms with Crippen LogP contribution in [0.2, 0.25) is 0 Å². The van der Waals surface area contributed by atoms with E-state index in [2.05, 4.69) is 86.5 Å². The Kier molecular flexibility index (Phi) is 10.4. The maximum atomic E-state index is 4.28. The third-order valence-electron chi connectivity index (χ3n) is 4.66. The second-order valence-corrected chi connectivity index (χ2v) is 6.56. The van der Waals surface area contributed by atoms with E-state index in [0.717, 1.165) is 5.22 Å². The number of aromatic nitrogens is 2. The van der Waals surface area contributed by atoms with Gasteiger partial charge in [0, 0.05) is 17.9 Å². The van der Waals surface area contributed by atoms with E-state index in [4.69, 9.17) is 0 Å². The molecule has 0 spiro atoms. The van der Waals surface area contributed by atoms with Crippen LogP contribution < -0.4 is 35.3 Å². The van der Waals surface area contributed by atoms with Gasteiger partial charge >= 0.3 is 30.2 Å². The van der Waals surface area contributed by atoms with Crippen molar-refractivity contribution in [2.75, 3.05) is 0 Å². The van der Waals surface area contributed by atoms with Crippen molar-refractivity contribution in [2.45, 2.75) is 19.4 Å². The number of halogens is 2. The Bertz CT molecular complexity index is 1120. The van der Waals surface area contributed by atoms with E-state index in [1.54, 1.807) is 6.20 Å². The fourth-order valence-corrected chi connectivity index (χ4v) is 3.32.